The molecule has 1 heterocycles. The molecule has 0 aromatic heterocycles. The molecule has 1 aliphatic rings. The van der Waals surface area contributed by atoms with E-state index in [1.165, 1.54) is 0 Å². The van der Waals surface area contributed by atoms with Crippen molar-refractivity contribution >= 4 is 0 Å². The molecule has 0 aromatic carbocycles. The van der Waals surface area contributed by atoms with Gasteiger partial charge in [0.25, 0.3) is 0 Å². The minimum atomic E-state index is -1.19. The van der Waals surface area contributed by atoms with Gasteiger partial charge in [0.2, 0.25) is 0 Å². The van der Waals surface area contributed by atoms with Crippen LogP contribution in [0.25, 0.3) is 0 Å². The van der Waals surface area contributed by atoms with E-state index in [9.17, 15) is 0 Å². The Hall–Kier alpha value is -0.200. The van der Waals surface area contributed by atoms with Crippen LogP contribution >= 0.6 is 0 Å². The zero-order chi connectivity index (χ0) is 7.72. The Bertz CT molecular complexity index is 106. The lowest BCUT2D eigenvalue weighted by Gasteiger charge is -2.32. The van der Waals surface area contributed by atoms with Gasteiger partial charge in [0.1, 0.15) is 24.5 Å². The molecule has 4 atom stereocenters. The van der Waals surface area contributed by atoms with E-state index >= 15 is 0 Å². The fourth-order valence-corrected chi connectivity index (χ4v) is 0.829. The van der Waals surface area contributed by atoms with Crippen LogP contribution in [0.15, 0.2) is 0 Å². The summed E-state index contributed by atoms with van der Waals surface area (Å²) in [6.07, 6.45) is -4.30. The molecule has 0 radical (unpaired) electrons. The van der Waals surface area contributed by atoms with Gasteiger partial charge in [-0.1, -0.05) is 0 Å². The molecule has 10 heavy (non-hydrogen) atoms. The zero-order valence-electron chi connectivity index (χ0n) is 5.34. The minimum absolute atomic E-state index is 0.0284. The standard InChI is InChI=1S/C5H11NO4/c6-5-4(9)3(8)2(7)1-10-5/h2-5,7-9H,1,6H2/t2-,3+,4-,5-/m1/s1. The summed E-state index contributed by atoms with van der Waals surface area (Å²) in [5.41, 5.74) is 5.19. The topological polar surface area (TPSA) is 95.9 Å². The summed E-state index contributed by atoms with van der Waals surface area (Å²) in [7, 11) is 0. The van der Waals surface area contributed by atoms with Crippen LogP contribution in [-0.4, -0.2) is 46.5 Å². The second-order valence-electron chi connectivity index (χ2n) is 2.35. The molecule has 1 fully saturated rings. The average molecular weight is 149 g/mol. The van der Waals surface area contributed by atoms with Gasteiger partial charge in [0.05, 0.1) is 6.61 Å². The molecule has 1 rings (SSSR count). The van der Waals surface area contributed by atoms with Gasteiger partial charge < -0.3 is 25.8 Å². The van der Waals surface area contributed by atoms with Crippen LogP contribution in [0.1, 0.15) is 0 Å². The summed E-state index contributed by atoms with van der Waals surface area (Å²) < 4.78 is 4.69. The Kier molecular flexibility index (Phi) is 2.22. The second kappa shape index (κ2) is 2.81. The van der Waals surface area contributed by atoms with Crippen molar-refractivity contribution in [3.8, 4) is 0 Å². The van der Waals surface area contributed by atoms with E-state index in [0.717, 1.165) is 0 Å². The SMILES string of the molecule is N[C@@H]1OC[C@@H](O)[C@H](O)[C@H]1O. The summed E-state index contributed by atoms with van der Waals surface area (Å²) in [6.45, 7) is -0.0284. The van der Waals surface area contributed by atoms with Crippen LogP contribution < -0.4 is 5.73 Å². The molecule has 0 spiro atoms. The van der Waals surface area contributed by atoms with Crippen molar-refractivity contribution in [2.45, 2.75) is 24.5 Å². The highest BCUT2D eigenvalue weighted by molar-refractivity contribution is 4.83. The number of hydrogen-bond acceptors (Lipinski definition) is 5. The van der Waals surface area contributed by atoms with Crippen LogP contribution in [-0.2, 0) is 4.74 Å². The molecule has 5 nitrogen and oxygen atoms in total. The monoisotopic (exact) mass is 149 g/mol. The first-order chi connectivity index (χ1) is 4.63. The van der Waals surface area contributed by atoms with Crippen molar-refractivity contribution in [2.75, 3.05) is 6.61 Å². The summed E-state index contributed by atoms with van der Waals surface area (Å²) in [6, 6.07) is 0. The van der Waals surface area contributed by atoms with Gasteiger partial charge in [-0.25, -0.2) is 0 Å². The van der Waals surface area contributed by atoms with Gasteiger partial charge in [-0.3, -0.25) is 0 Å². The molecule has 5 N–H and O–H groups in total. The summed E-state index contributed by atoms with van der Waals surface area (Å²) in [5, 5.41) is 26.8. The highest BCUT2D eigenvalue weighted by Crippen LogP contribution is 2.11. The first kappa shape index (κ1) is 7.90. The molecule has 1 aliphatic heterocycles. The van der Waals surface area contributed by atoms with Gasteiger partial charge in [0.15, 0.2) is 0 Å². The summed E-state index contributed by atoms with van der Waals surface area (Å²) in [5.74, 6) is 0. The highest BCUT2D eigenvalue weighted by atomic mass is 16.5. The van der Waals surface area contributed by atoms with Gasteiger partial charge in [-0.2, -0.15) is 0 Å². The van der Waals surface area contributed by atoms with E-state index in [1.807, 2.05) is 0 Å². The van der Waals surface area contributed by atoms with E-state index in [0.29, 0.717) is 0 Å². The van der Waals surface area contributed by atoms with Crippen molar-refractivity contribution in [1.82, 2.24) is 0 Å². The van der Waals surface area contributed by atoms with Crippen molar-refractivity contribution in [3.63, 3.8) is 0 Å². The number of rotatable bonds is 0. The maximum Gasteiger partial charge on any atom is 0.134 e. The third kappa shape index (κ3) is 1.28. The van der Waals surface area contributed by atoms with E-state index in [-0.39, 0.29) is 6.61 Å². The zero-order valence-corrected chi connectivity index (χ0v) is 5.34. The molecule has 60 valence electrons. The molecular weight excluding hydrogens is 138 g/mol. The molecule has 0 amide bonds. The number of ether oxygens (including phenoxy) is 1. The lowest BCUT2D eigenvalue weighted by atomic mass is 10.1. The molecule has 1 saturated heterocycles. The molecule has 0 saturated carbocycles. The first-order valence-corrected chi connectivity index (χ1v) is 3.04. The molecule has 0 aromatic rings. The van der Waals surface area contributed by atoms with Gasteiger partial charge in [0, 0.05) is 0 Å². The quantitative estimate of drug-likeness (QED) is 0.302. The van der Waals surface area contributed by atoms with Crippen LogP contribution in [0.5, 0.6) is 0 Å². The number of hydrogen-bond donors (Lipinski definition) is 4. The summed E-state index contributed by atoms with van der Waals surface area (Å²) >= 11 is 0. The third-order valence-electron chi connectivity index (χ3n) is 1.54. The lowest BCUT2D eigenvalue weighted by Crippen LogP contribution is -2.56. The molecule has 0 unspecified atom stereocenters. The second-order valence-corrected chi connectivity index (χ2v) is 2.35. The lowest BCUT2D eigenvalue weighted by molar-refractivity contribution is -0.184. The maximum absolute atomic E-state index is 8.96. The predicted octanol–water partition coefficient (Wildman–Crippen LogP) is -2.62. The van der Waals surface area contributed by atoms with E-state index in [1.54, 1.807) is 0 Å². The third-order valence-corrected chi connectivity index (χ3v) is 1.54. The van der Waals surface area contributed by atoms with Gasteiger partial charge in [-0.15, -0.1) is 0 Å². The normalized spacial score (nSPS) is 49.2. The van der Waals surface area contributed by atoms with Gasteiger partial charge in [-0.05, 0) is 0 Å². The minimum Gasteiger partial charge on any atom is -0.388 e. The van der Waals surface area contributed by atoms with E-state index in [2.05, 4.69) is 0 Å². The van der Waals surface area contributed by atoms with Crippen molar-refractivity contribution in [3.05, 3.63) is 0 Å². The van der Waals surface area contributed by atoms with Crippen LogP contribution in [0, 0.1) is 0 Å². The average Bonchev–Trinajstić information content (AvgIpc) is 1.93. The fourth-order valence-electron chi connectivity index (χ4n) is 0.829. The molecule has 0 bridgehead atoms. The van der Waals surface area contributed by atoms with Crippen LogP contribution in [0.2, 0.25) is 0 Å². The van der Waals surface area contributed by atoms with E-state index < -0.39 is 24.5 Å². The van der Waals surface area contributed by atoms with Crippen molar-refractivity contribution in [1.29, 1.82) is 0 Å². The largest absolute Gasteiger partial charge is 0.388 e. The highest BCUT2D eigenvalue weighted by Gasteiger charge is 2.35. The Morgan fingerprint density at radius 1 is 1.20 bits per heavy atom. The van der Waals surface area contributed by atoms with Crippen molar-refractivity contribution in [2.24, 2.45) is 5.73 Å². The number of nitrogens with two attached hydrogens (primary N) is 1. The maximum atomic E-state index is 8.96. The van der Waals surface area contributed by atoms with Crippen LogP contribution in [0.3, 0.4) is 0 Å². The Balaban J connectivity index is 2.52. The Morgan fingerprint density at radius 3 is 2.30 bits per heavy atom. The molecular formula is C5H11NO4. The number of aliphatic hydroxyl groups excluding tert-OH is 3. The molecule has 5 heteroatoms. The fraction of sp³-hybridized carbons (Fsp3) is 1.00. The van der Waals surface area contributed by atoms with Crippen molar-refractivity contribution < 1.29 is 20.1 Å². The molecule has 0 aliphatic carbocycles. The van der Waals surface area contributed by atoms with E-state index in [4.69, 9.17) is 25.8 Å². The smallest absolute Gasteiger partial charge is 0.134 e. The Labute approximate surface area is 58.0 Å². The first-order valence-electron chi connectivity index (χ1n) is 3.04. The predicted molar refractivity (Wildman–Crippen MR) is 31.9 cm³/mol. The van der Waals surface area contributed by atoms with Crippen LogP contribution in [0.4, 0.5) is 0 Å². The Morgan fingerprint density at radius 2 is 1.80 bits per heavy atom. The summed E-state index contributed by atoms with van der Waals surface area (Å²) in [4.78, 5) is 0. The number of aliphatic hydroxyl groups is 3. The van der Waals surface area contributed by atoms with Gasteiger partial charge >= 0.3 is 0 Å².